The van der Waals surface area contributed by atoms with Crippen LogP contribution in [0.1, 0.15) is 30.6 Å². The molecule has 0 saturated heterocycles. The fourth-order valence-corrected chi connectivity index (χ4v) is 2.77. The van der Waals surface area contributed by atoms with Gasteiger partial charge in [-0.1, -0.05) is 13.8 Å². The largest absolute Gasteiger partial charge is 0.357 e. The Morgan fingerprint density at radius 3 is 2.77 bits per heavy atom. The highest BCUT2D eigenvalue weighted by Crippen LogP contribution is 2.08. The third-order valence-electron chi connectivity index (χ3n) is 3.16. The summed E-state index contributed by atoms with van der Waals surface area (Å²) in [5.74, 6) is -0.653. The molecule has 2 aromatic heterocycles. The lowest BCUT2D eigenvalue weighted by molar-refractivity contribution is -0.122. The molecule has 118 valence electrons. The van der Waals surface area contributed by atoms with E-state index in [1.807, 2.05) is 13.8 Å². The van der Waals surface area contributed by atoms with Crippen LogP contribution >= 0.6 is 11.3 Å². The normalized spacial score (nSPS) is 12.4. The van der Waals surface area contributed by atoms with Crippen LogP contribution in [-0.2, 0) is 4.79 Å². The average Bonchev–Trinajstić information content (AvgIpc) is 2.94. The third-order valence-corrected chi connectivity index (χ3v) is 3.93. The SMILES string of the molecule is CNC(=O)C(CC(C)C)NC(=O)c1cnc2sccn2c1=O. The third kappa shape index (κ3) is 3.33. The second kappa shape index (κ2) is 6.69. The second-order valence-electron chi connectivity index (χ2n) is 5.30. The molecule has 0 aliphatic heterocycles. The van der Waals surface area contributed by atoms with Crippen molar-refractivity contribution in [2.75, 3.05) is 7.05 Å². The number of fused-ring (bicyclic) bond motifs is 1. The molecule has 0 aliphatic rings. The lowest BCUT2D eigenvalue weighted by Gasteiger charge is -2.18. The number of amides is 2. The van der Waals surface area contributed by atoms with Gasteiger partial charge in [-0.25, -0.2) is 4.98 Å². The summed E-state index contributed by atoms with van der Waals surface area (Å²) in [4.78, 5) is 41.0. The van der Waals surface area contributed by atoms with Crippen molar-refractivity contribution in [3.8, 4) is 0 Å². The second-order valence-corrected chi connectivity index (χ2v) is 6.18. The fourth-order valence-electron chi connectivity index (χ4n) is 2.09. The van der Waals surface area contributed by atoms with Gasteiger partial charge in [-0.05, 0) is 12.3 Å². The molecule has 2 amide bonds. The van der Waals surface area contributed by atoms with Crippen molar-refractivity contribution in [3.05, 3.63) is 33.7 Å². The number of likely N-dealkylation sites (N-methyl/N-ethyl adjacent to an activating group) is 1. The summed E-state index contributed by atoms with van der Waals surface area (Å²) in [5.41, 5.74) is -0.516. The first-order valence-corrected chi connectivity index (χ1v) is 7.79. The summed E-state index contributed by atoms with van der Waals surface area (Å²) in [5, 5.41) is 6.85. The van der Waals surface area contributed by atoms with Crippen LogP contribution in [-0.4, -0.2) is 34.3 Å². The fraction of sp³-hybridized carbons (Fsp3) is 0.429. The zero-order valence-corrected chi connectivity index (χ0v) is 13.4. The first-order valence-electron chi connectivity index (χ1n) is 6.91. The number of carbonyl (C=O) groups excluding carboxylic acids is 2. The quantitative estimate of drug-likeness (QED) is 0.845. The molecule has 7 nitrogen and oxygen atoms in total. The first-order chi connectivity index (χ1) is 10.4. The van der Waals surface area contributed by atoms with Crippen LogP contribution in [0.5, 0.6) is 0 Å². The van der Waals surface area contributed by atoms with Gasteiger partial charge in [-0.2, -0.15) is 0 Å². The number of nitrogens with one attached hydrogen (secondary N) is 2. The Kier molecular flexibility index (Phi) is 4.92. The van der Waals surface area contributed by atoms with Gasteiger partial charge in [0.25, 0.3) is 11.5 Å². The Hall–Kier alpha value is -2.22. The zero-order valence-electron chi connectivity index (χ0n) is 12.6. The summed E-state index contributed by atoms with van der Waals surface area (Å²) < 4.78 is 1.32. The molecule has 2 N–H and O–H groups in total. The average molecular weight is 322 g/mol. The maximum absolute atomic E-state index is 12.3. The predicted octanol–water partition coefficient (Wildman–Crippen LogP) is 0.646. The molecule has 2 heterocycles. The number of hydrogen-bond acceptors (Lipinski definition) is 5. The smallest absolute Gasteiger partial charge is 0.271 e. The molecule has 0 spiro atoms. The van der Waals surface area contributed by atoms with Crippen molar-refractivity contribution in [2.24, 2.45) is 5.92 Å². The maximum Gasteiger partial charge on any atom is 0.271 e. The van der Waals surface area contributed by atoms with Gasteiger partial charge in [0.15, 0.2) is 4.96 Å². The molecule has 0 fully saturated rings. The Labute approximate surface area is 131 Å². The van der Waals surface area contributed by atoms with E-state index in [-0.39, 0.29) is 17.4 Å². The Bertz CT molecular complexity index is 750. The van der Waals surface area contributed by atoms with Gasteiger partial charge in [0.05, 0.1) is 0 Å². The van der Waals surface area contributed by atoms with E-state index < -0.39 is 17.5 Å². The van der Waals surface area contributed by atoms with Gasteiger partial charge in [0.1, 0.15) is 11.6 Å². The first kappa shape index (κ1) is 16.2. The van der Waals surface area contributed by atoms with Crippen molar-refractivity contribution in [1.29, 1.82) is 0 Å². The number of aromatic nitrogens is 2. The summed E-state index contributed by atoms with van der Waals surface area (Å²) in [6.45, 7) is 3.91. The van der Waals surface area contributed by atoms with E-state index in [4.69, 9.17) is 0 Å². The summed E-state index contributed by atoms with van der Waals surface area (Å²) in [7, 11) is 1.51. The van der Waals surface area contributed by atoms with E-state index >= 15 is 0 Å². The molecule has 0 aliphatic carbocycles. The summed E-state index contributed by atoms with van der Waals surface area (Å²) in [6, 6.07) is -0.680. The van der Waals surface area contributed by atoms with Crippen LogP contribution in [0.15, 0.2) is 22.6 Å². The molecule has 0 radical (unpaired) electrons. The van der Waals surface area contributed by atoms with E-state index in [0.29, 0.717) is 11.4 Å². The Morgan fingerprint density at radius 1 is 1.41 bits per heavy atom. The lowest BCUT2D eigenvalue weighted by atomic mass is 10.0. The molecule has 0 bridgehead atoms. The number of hydrogen-bond donors (Lipinski definition) is 2. The maximum atomic E-state index is 12.3. The van der Waals surface area contributed by atoms with Crippen LogP contribution in [0, 0.1) is 5.92 Å². The van der Waals surface area contributed by atoms with Crippen molar-refractivity contribution in [2.45, 2.75) is 26.3 Å². The molecule has 0 saturated carbocycles. The van der Waals surface area contributed by atoms with E-state index in [0.717, 1.165) is 0 Å². The highest BCUT2D eigenvalue weighted by atomic mass is 32.1. The van der Waals surface area contributed by atoms with Crippen molar-refractivity contribution in [3.63, 3.8) is 0 Å². The molecule has 1 unspecified atom stereocenters. The molecule has 22 heavy (non-hydrogen) atoms. The molecule has 0 aromatic carbocycles. The standard InChI is InChI=1S/C14H18N4O3S/c1-8(2)6-10(12(20)15-3)17-11(19)9-7-16-14-18(13(9)21)4-5-22-14/h4-5,7-8,10H,6H2,1-3H3,(H,15,20)(H,17,19). The van der Waals surface area contributed by atoms with Gasteiger partial charge in [-0.15, -0.1) is 11.3 Å². The van der Waals surface area contributed by atoms with E-state index in [1.165, 1.54) is 29.0 Å². The van der Waals surface area contributed by atoms with Crippen LogP contribution in [0.2, 0.25) is 0 Å². The van der Waals surface area contributed by atoms with Crippen molar-refractivity contribution in [1.82, 2.24) is 20.0 Å². The minimum absolute atomic E-state index is 0.0754. The van der Waals surface area contributed by atoms with E-state index in [9.17, 15) is 14.4 Å². The number of rotatable bonds is 5. The van der Waals surface area contributed by atoms with Crippen LogP contribution in [0.25, 0.3) is 4.96 Å². The molecule has 8 heteroatoms. The highest BCUT2D eigenvalue weighted by molar-refractivity contribution is 7.15. The van der Waals surface area contributed by atoms with Gasteiger partial charge in [0.2, 0.25) is 5.91 Å². The van der Waals surface area contributed by atoms with Crippen LogP contribution in [0.4, 0.5) is 0 Å². The van der Waals surface area contributed by atoms with Gasteiger partial charge >= 0.3 is 0 Å². The number of nitrogens with zero attached hydrogens (tertiary/aromatic N) is 2. The lowest BCUT2D eigenvalue weighted by Crippen LogP contribution is -2.47. The molecule has 2 aromatic rings. The molecule has 1 atom stereocenters. The predicted molar refractivity (Wildman–Crippen MR) is 84.1 cm³/mol. The minimum atomic E-state index is -0.680. The molecular formula is C14H18N4O3S. The molecule has 2 rings (SSSR count). The Balaban J connectivity index is 2.26. The van der Waals surface area contributed by atoms with Crippen LogP contribution < -0.4 is 16.2 Å². The summed E-state index contributed by atoms with van der Waals surface area (Å²) >= 11 is 1.31. The van der Waals surface area contributed by atoms with E-state index in [2.05, 4.69) is 15.6 Å². The van der Waals surface area contributed by atoms with Gasteiger partial charge in [-0.3, -0.25) is 18.8 Å². The molecular weight excluding hydrogens is 304 g/mol. The van der Waals surface area contributed by atoms with Crippen LogP contribution in [0.3, 0.4) is 0 Å². The topological polar surface area (TPSA) is 92.6 Å². The number of carbonyl (C=O) groups is 2. The van der Waals surface area contributed by atoms with Gasteiger partial charge < -0.3 is 10.6 Å². The van der Waals surface area contributed by atoms with Gasteiger partial charge in [0, 0.05) is 24.8 Å². The minimum Gasteiger partial charge on any atom is -0.357 e. The van der Waals surface area contributed by atoms with Crippen molar-refractivity contribution >= 4 is 28.1 Å². The highest BCUT2D eigenvalue weighted by Gasteiger charge is 2.23. The summed E-state index contributed by atoms with van der Waals surface area (Å²) in [6.07, 6.45) is 3.30. The number of thiazole rings is 1. The zero-order chi connectivity index (χ0) is 16.3. The van der Waals surface area contributed by atoms with E-state index in [1.54, 1.807) is 11.6 Å². The Morgan fingerprint density at radius 2 is 2.14 bits per heavy atom. The monoisotopic (exact) mass is 322 g/mol. The van der Waals surface area contributed by atoms with Crippen molar-refractivity contribution < 1.29 is 9.59 Å².